The number of carbonyl (C=O) groups excluding carboxylic acids is 2. The number of sulfonamides is 1. The summed E-state index contributed by atoms with van der Waals surface area (Å²) in [5, 5.41) is 3.04. The Morgan fingerprint density at radius 1 is 0.930 bits per heavy atom. The van der Waals surface area contributed by atoms with Gasteiger partial charge in [0, 0.05) is 19.0 Å². The molecule has 43 heavy (non-hydrogen) atoms. The van der Waals surface area contributed by atoms with Gasteiger partial charge in [0.25, 0.3) is 0 Å². The molecule has 0 bridgehead atoms. The minimum atomic E-state index is -3.84. The second-order valence-corrected chi connectivity index (χ2v) is 13.9. The van der Waals surface area contributed by atoms with E-state index in [0.717, 1.165) is 33.7 Å². The van der Waals surface area contributed by atoms with Gasteiger partial charge in [0.1, 0.15) is 18.3 Å². The van der Waals surface area contributed by atoms with Gasteiger partial charge in [-0.2, -0.15) is 0 Å². The Morgan fingerprint density at radius 3 is 2.12 bits per heavy atom. The van der Waals surface area contributed by atoms with Gasteiger partial charge in [-0.25, -0.2) is 8.42 Å². The van der Waals surface area contributed by atoms with Crippen LogP contribution in [0.4, 0.5) is 5.69 Å². The van der Waals surface area contributed by atoms with E-state index in [1.807, 2.05) is 74.5 Å². The number of hydrogen-bond acceptors (Lipinski definition) is 5. The van der Waals surface area contributed by atoms with Crippen LogP contribution in [-0.4, -0.2) is 57.1 Å². The van der Waals surface area contributed by atoms with Crippen LogP contribution >= 0.6 is 0 Å². The maximum atomic E-state index is 14.3. The highest BCUT2D eigenvalue weighted by molar-refractivity contribution is 7.92. The van der Waals surface area contributed by atoms with Gasteiger partial charge >= 0.3 is 0 Å². The molecule has 2 amide bonds. The number of amides is 2. The predicted octanol–water partition coefficient (Wildman–Crippen LogP) is 5.31. The molecule has 3 aromatic carbocycles. The molecule has 0 spiro atoms. The van der Waals surface area contributed by atoms with E-state index < -0.39 is 28.5 Å². The van der Waals surface area contributed by atoms with E-state index in [-0.39, 0.29) is 30.3 Å². The van der Waals surface area contributed by atoms with Crippen LogP contribution in [0.15, 0.2) is 78.9 Å². The molecule has 0 aliphatic heterocycles. The van der Waals surface area contributed by atoms with Gasteiger partial charge in [0.05, 0.1) is 19.1 Å². The van der Waals surface area contributed by atoms with Crippen molar-refractivity contribution in [2.75, 3.05) is 24.2 Å². The Bertz CT molecular complexity index is 1470. The van der Waals surface area contributed by atoms with Crippen molar-refractivity contribution in [2.24, 2.45) is 0 Å². The smallest absolute Gasteiger partial charge is 0.244 e. The van der Waals surface area contributed by atoms with Gasteiger partial charge in [-0.1, -0.05) is 82.3 Å². The highest BCUT2D eigenvalue weighted by Crippen LogP contribution is 2.27. The van der Waals surface area contributed by atoms with Crippen molar-refractivity contribution < 1.29 is 22.7 Å². The Labute approximate surface area is 257 Å². The predicted molar refractivity (Wildman–Crippen MR) is 173 cm³/mol. The van der Waals surface area contributed by atoms with E-state index >= 15 is 0 Å². The summed E-state index contributed by atoms with van der Waals surface area (Å²) in [6, 6.07) is 23.0. The normalized spacial score (nSPS) is 13.1. The molecule has 2 atom stereocenters. The Balaban J connectivity index is 2.07. The topological polar surface area (TPSA) is 96.0 Å². The molecule has 0 aliphatic rings. The standard InChI is InChI=1S/C34H45N3O5S/c1-8-25(2)35-33(39)31(22-26-13-10-9-11-14-26)36(23-27-15-12-16-30(21-27)42-6)32(38)24-37(43(7,40)41)29-19-17-28(18-20-29)34(3,4)5/h9-21,25,31H,8,22-24H2,1-7H3,(H,35,39)/t25-,31-/m0/s1. The minimum absolute atomic E-state index is 0.0853. The number of nitrogens with zero attached hydrogens (tertiary/aromatic N) is 2. The molecule has 0 aromatic heterocycles. The lowest BCUT2D eigenvalue weighted by atomic mass is 9.87. The number of nitrogens with one attached hydrogen (secondary N) is 1. The Kier molecular flexibility index (Phi) is 11.4. The van der Waals surface area contributed by atoms with Crippen LogP contribution in [-0.2, 0) is 38.0 Å². The summed E-state index contributed by atoms with van der Waals surface area (Å²) in [5.74, 6) is -0.173. The molecule has 0 fully saturated rings. The van der Waals surface area contributed by atoms with Gasteiger partial charge < -0.3 is 15.0 Å². The number of rotatable bonds is 13. The molecule has 3 rings (SSSR count). The third-order valence-corrected chi connectivity index (χ3v) is 8.60. The molecule has 9 heteroatoms. The highest BCUT2D eigenvalue weighted by atomic mass is 32.2. The van der Waals surface area contributed by atoms with Crippen LogP contribution in [0.25, 0.3) is 0 Å². The maximum absolute atomic E-state index is 14.3. The van der Waals surface area contributed by atoms with Gasteiger partial charge in [0.15, 0.2) is 0 Å². The molecule has 232 valence electrons. The zero-order chi connectivity index (χ0) is 31.8. The summed E-state index contributed by atoms with van der Waals surface area (Å²) >= 11 is 0. The van der Waals surface area contributed by atoms with Gasteiger partial charge in [-0.15, -0.1) is 0 Å². The van der Waals surface area contributed by atoms with Gasteiger partial charge in [-0.05, 0) is 59.7 Å². The first-order valence-corrected chi connectivity index (χ1v) is 16.4. The fourth-order valence-electron chi connectivity index (χ4n) is 4.70. The molecule has 8 nitrogen and oxygen atoms in total. The second kappa shape index (κ2) is 14.6. The van der Waals surface area contributed by atoms with Crippen molar-refractivity contribution in [1.82, 2.24) is 10.2 Å². The van der Waals surface area contributed by atoms with Crippen molar-refractivity contribution in [2.45, 2.75) is 71.5 Å². The highest BCUT2D eigenvalue weighted by Gasteiger charge is 2.33. The van der Waals surface area contributed by atoms with E-state index in [1.54, 1.807) is 25.3 Å². The number of hydrogen-bond donors (Lipinski definition) is 1. The summed E-state index contributed by atoms with van der Waals surface area (Å²) in [6.45, 7) is 9.75. The Morgan fingerprint density at radius 2 is 1.56 bits per heavy atom. The minimum Gasteiger partial charge on any atom is -0.497 e. The number of benzene rings is 3. The third kappa shape index (κ3) is 9.58. The lowest BCUT2D eigenvalue weighted by molar-refractivity contribution is -0.140. The molecule has 0 unspecified atom stereocenters. The number of ether oxygens (including phenoxy) is 1. The van der Waals surface area contributed by atoms with Crippen LogP contribution in [0.1, 0.15) is 57.7 Å². The van der Waals surface area contributed by atoms with E-state index in [0.29, 0.717) is 11.4 Å². The number of anilines is 1. The van der Waals surface area contributed by atoms with Gasteiger partial charge in [-0.3, -0.25) is 13.9 Å². The summed E-state index contributed by atoms with van der Waals surface area (Å²) < 4.78 is 32.6. The maximum Gasteiger partial charge on any atom is 0.244 e. The quantitative estimate of drug-likeness (QED) is 0.284. The molecule has 0 saturated carbocycles. The van der Waals surface area contributed by atoms with Gasteiger partial charge in [0.2, 0.25) is 21.8 Å². The SMILES string of the molecule is CC[C@H](C)NC(=O)[C@H](Cc1ccccc1)N(Cc1cccc(OC)c1)C(=O)CN(c1ccc(C(C)(C)C)cc1)S(C)(=O)=O. The number of carbonyl (C=O) groups is 2. The van der Waals surface area contributed by atoms with E-state index in [9.17, 15) is 18.0 Å². The lowest BCUT2D eigenvalue weighted by Gasteiger charge is -2.34. The van der Waals surface area contributed by atoms with E-state index in [4.69, 9.17) is 4.74 Å². The Hall–Kier alpha value is -3.85. The van der Waals surface area contributed by atoms with E-state index in [1.165, 1.54) is 4.90 Å². The molecule has 0 radical (unpaired) electrons. The fourth-order valence-corrected chi connectivity index (χ4v) is 5.55. The zero-order valence-corrected chi connectivity index (χ0v) is 27.1. The van der Waals surface area contributed by atoms with Crippen LogP contribution in [0.3, 0.4) is 0 Å². The van der Waals surface area contributed by atoms with Crippen molar-refractivity contribution >= 4 is 27.5 Å². The van der Waals surface area contributed by atoms with Crippen LogP contribution in [0, 0.1) is 0 Å². The first-order chi connectivity index (χ1) is 20.2. The third-order valence-electron chi connectivity index (χ3n) is 7.46. The van der Waals surface area contributed by atoms with Crippen molar-refractivity contribution in [1.29, 1.82) is 0 Å². The molecular weight excluding hydrogens is 562 g/mol. The summed E-state index contributed by atoms with van der Waals surface area (Å²) in [6.07, 6.45) is 2.07. The molecule has 0 heterocycles. The monoisotopic (exact) mass is 607 g/mol. The summed E-state index contributed by atoms with van der Waals surface area (Å²) in [7, 11) is -2.28. The second-order valence-electron chi connectivity index (χ2n) is 12.0. The molecular formula is C34H45N3O5S. The summed E-state index contributed by atoms with van der Waals surface area (Å²) in [5.41, 5.74) is 2.94. The average molecular weight is 608 g/mol. The first kappa shape index (κ1) is 33.6. The van der Waals surface area contributed by atoms with Crippen LogP contribution in [0.5, 0.6) is 5.75 Å². The zero-order valence-electron chi connectivity index (χ0n) is 26.3. The molecule has 1 N–H and O–H groups in total. The molecule has 0 aliphatic carbocycles. The lowest BCUT2D eigenvalue weighted by Crippen LogP contribution is -2.54. The average Bonchev–Trinajstić information content (AvgIpc) is 2.97. The van der Waals surface area contributed by atoms with Crippen molar-refractivity contribution in [3.8, 4) is 5.75 Å². The fraction of sp³-hybridized carbons (Fsp3) is 0.412. The van der Waals surface area contributed by atoms with Crippen LogP contribution < -0.4 is 14.4 Å². The van der Waals surface area contributed by atoms with Crippen molar-refractivity contribution in [3.05, 3.63) is 95.6 Å². The largest absolute Gasteiger partial charge is 0.497 e. The van der Waals surface area contributed by atoms with Crippen LogP contribution in [0.2, 0.25) is 0 Å². The summed E-state index contributed by atoms with van der Waals surface area (Å²) in [4.78, 5) is 29.5. The first-order valence-electron chi connectivity index (χ1n) is 14.6. The van der Waals surface area contributed by atoms with Crippen molar-refractivity contribution in [3.63, 3.8) is 0 Å². The number of methoxy groups -OCH3 is 1. The molecule has 3 aromatic rings. The van der Waals surface area contributed by atoms with E-state index in [2.05, 4.69) is 26.1 Å². The molecule has 0 saturated heterocycles.